The third-order valence-electron chi connectivity index (χ3n) is 9.21. The van der Waals surface area contributed by atoms with E-state index in [0.29, 0.717) is 17.3 Å². The normalized spacial score (nSPS) is 32.3. The van der Waals surface area contributed by atoms with Gasteiger partial charge >= 0.3 is 0 Å². The molecule has 3 nitrogen and oxygen atoms in total. The van der Waals surface area contributed by atoms with Crippen molar-refractivity contribution in [2.45, 2.75) is 124 Å². The Kier molecular flexibility index (Phi) is 9.73. The summed E-state index contributed by atoms with van der Waals surface area (Å²) >= 11 is 0. The molecule has 0 heterocycles. The van der Waals surface area contributed by atoms with Crippen molar-refractivity contribution in [3.05, 3.63) is 0 Å². The number of fused-ring (bicyclic) bond motifs is 1. The summed E-state index contributed by atoms with van der Waals surface area (Å²) in [5.74, 6) is 5.06. The molecule has 2 rings (SSSR count). The van der Waals surface area contributed by atoms with E-state index in [4.69, 9.17) is 15.3 Å². The third kappa shape index (κ3) is 6.10. The average molecular weight is 481 g/mol. The first kappa shape index (κ1) is 28.1. The summed E-state index contributed by atoms with van der Waals surface area (Å²) in [4.78, 5) is 0. The smallest absolute Gasteiger partial charge is 0.161 e. The summed E-state index contributed by atoms with van der Waals surface area (Å²) in [5.41, 5.74) is -0.0665. The fourth-order valence-electron chi connectivity index (χ4n) is 7.72. The van der Waals surface area contributed by atoms with Crippen LogP contribution in [-0.2, 0) is 8.85 Å². The molecule has 0 radical (unpaired) electrons. The van der Waals surface area contributed by atoms with Gasteiger partial charge in [-0.3, -0.25) is 0 Å². The lowest BCUT2D eigenvalue weighted by Gasteiger charge is -2.55. The van der Waals surface area contributed by atoms with Crippen molar-refractivity contribution in [1.82, 2.24) is 0 Å². The summed E-state index contributed by atoms with van der Waals surface area (Å²) < 4.78 is 12.6. The lowest BCUT2D eigenvalue weighted by atomic mass is 9.51. The van der Waals surface area contributed by atoms with Crippen LogP contribution >= 0.6 is 0 Å². The van der Waals surface area contributed by atoms with E-state index in [9.17, 15) is 5.11 Å². The van der Waals surface area contributed by atoms with Crippen molar-refractivity contribution in [2.75, 3.05) is 0 Å². The highest BCUT2D eigenvalue weighted by atomic mass is 28.2. The Morgan fingerprint density at radius 2 is 1.69 bits per heavy atom. The molecule has 32 heavy (non-hydrogen) atoms. The number of aliphatic hydroxyl groups is 1. The first-order valence-corrected chi connectivity index (χ1v) is 17.2. The van der Waals surface area contributed by atoms with Crippen LogP contribution in [0.5, 0.6) is 0 Å². The van der Waals surface area contributed by atoms with E-state index in [-0.39, 0.29) is 17.1 Å². The second-order valence-electron chi connectivity index (χ2n) is 12.5. The van der Waals surface area contributed by atoms with Gasteiger partial charge in [0.25, 0.3) is 0 Å². The van der Waals surface area contributed by atoms with E-state index in [1.54, 1.807) is 0 Å². The summed E-state index contributed by atoms with van der Waals surface area (Å²) in [6.07, 6.45) is 16.2. The molecule has 2 aliphatic carbocycles. The van der Waals surface area contributed by atoms with Crippen molar-refractivity contribution in [3.63, 3.8) is 0 Å². The van der Waals surface area contributed by atoms with Crippen LogP contribution in [0.4, 0.5) is 0 Å². The van der Waals surface area contributed by atoms with Gasteiger partial charge in [-0.15, -0.1) is 12.3 Å². The lowest BCUT2D eigenvalue weighted by molar-refractivity contribution is -0.141. The Morgan fingerprint density at radius 1 is 1.06 bits per heavy atom. The van der Waals surface area contributed by atoms with Gasteiger partial charge in [-0.1, -0.05) is 53.6 Å². The van der Waals surface area contributed by atoms with Gasteiger partial charge in [-0.2, -0.15) is 0 Å². The van der Waals surface area contributed by atoms with Gasteiger partial charge in [0.15, 0.2) is 19.5 Å². The van der Waals surface area contributed by atoms with Gasteiger partial charge in [-0.05, 0) is 81.0 Å². The topological polar surface area (TPSA) is 38.7 Å². The minimum Gasteiger partial charge on any atom is -0.400 e. The maximum atomic E-state index is 10.3. The van der Waals surface area contributed by atoms with Crippen LogP contribution in [0, 0.1) is 46.3 Å². The summed E-state index contributed by atoms with van der Waals surface area (Å²) in [6.45, 7) is 18.2. The molecule has 5 atom stereocenters. The molecule has 0 bridgehead atoms. The lowest BCUT2D eigenvalue weighted by Crippen LogP contribution is -2.50. The molecule has 2 aliphatic rings. The minimum atomic E-state index is -0.598. The molecule has 0 aromatic carbocycles. The molecular weight excluding hydrogens is 428 g/mol. The molecule has 2 saturated carbocycles. The van der Waals surface area contributed by atoms with E-state index in [1.165, 1.54) is 32.1 Å². The molecule has 0 unspecified atom stereocenters. The molecule has 0 spiro atoms. The van der Waals surface area contributed by atoms with Crippen molar-refractivity contribution in [2.24, 2.45) is 34.0 Å². The number of hydrogen-bond acceptors (Lipinski definition) is 3. The van der Waals surface area contributed by atoms with E-state index >= 15 is 0 Å². The van der Waals surface area contributed by atoms with Crippen molar-refractivity contribution in [3.8, 4) is 12.3 Å². The first-order chi connectivity index (χ1) is 14.9. The number of terminal acetylenes is 1. The van der Waals surface area contributed by atoms with Gasteiger partial charge in [0.05, 0.1) is 5.60 Å². The molecule has 0 saturated heterocycles. The van der Waals surface area contributed by atoms with Crippen molar-refractivity contribution < 1.29 is 14.0 Å². The van der Waals surface area contributed by atoms with Gasteiger partial charge in [0, 0.05) is 11.8 Å². The van der Waals surface area contributed by atoms with Crippen LogP contribution in [0.1, 0.15) is 99.3 Å². The van der Waals surface area contributed by atoms with Crippen LogP contribution in [0.3, 0.4) is 0 Å². The molecule has 0 aliphatic heterocycles. The quantitative estimate of drug-likeness (QED) is 0.230. The van der Waals surface area contributed by atoms with Crippen molar-refractivity contribution in [1.29, 1.82) is 0 Å². The predicted molar refractivity (Wildman–Crippen MR) is 142 cm³/mol. The average Bonchev–Trinajstić information content (AvgIpc) is 3.04. The van der Waals surface area contributed by atoms with E-state index < -0.39 is 25.1 Å². The highest BCUT2D eigenvalue weighted by molar-refractivity contribution is 6.26. The van der Waals surface area contributed by atoms with Crippen LogP contribution in [0.25, 0.3) is 0 Å². The standard InChI is InChI=1S/C27H52O3Si2/c1-10-16-26(6,18-12-17-24(2,3)28)22-15-14-21-20(13-11-19-27(21,22)7)25(4,5)23(29-31-8)30-32-9/h1,20-23,28H,11-19,31-32H2,2-9H3/t20-,21+,22+,26-,27+/m0/s1. The predicted octanol–water partition coefficient (Wildman–Crippen LogP) is 5.44. The summed E-state index contributed by atoms with van der Waals surface area (Å²) in [6, 6.07) is 0. The summed E-state index contributed by atoms with van der Waals surface area (Å²) in [5, 5.41) is 10.3. The Morgan fingerprint density at radius 3 is 2.22 bits per heavy atom. The van der Waals surface area contributed by atoms with Crippen LogP contribution in [0.2, 0.25) is 13.1 Å². The monoisotopic (exact) mass is 480 g/mol. The fourth-order valence-corrected chi connectivity index (χ4v) is 9.57. The van der Waals surface area contributed by atoms with Crippen LogP contribution < -0.4 is 0 Å². The molecular formula is C27H52O3Si2. The van der Waals surface area contributed by atoms with E-state index in [1.807, 2.05) is 13.8 Å². The molecule has 5 heteroatoms. The zero-order valence-corrected chi connectivity index (χ0v) is 25.3. The second-order valence-corrected chi connectivity index (χ2v) is 14.3. The van der Waals surface area contributed by atoms with Crippen molar-refractivity contribution >= 4 is 19.5 Å². The summed E-state index contributed by atoms with van der Waals surface area (Å²) in [7, 11) is -1.02. The first-order valence-electron chi connectivity index (χ1n) is 13.2. The van der Waals surface area contributed by atoms with Gasteiger partial charge < -0.3 is 14.0 Å². The zero-order valence-electron chi connectivity index (χ0n) is 22.4. The highest BCUT2D eigenvalue weighted by Gasteiger charge is 2.59. The van der Waals surface area contributed by atoms with Gasteiger partial charge in [0.1, 0.15) is 6.29 Å². The maximum absolute atomic E-state index is 10.3. The molecule has 1 N–H and O–H groups in total. The van der Waals surface area contributed by atoms with Gasteiger partial charge in [0.2, 0.25) is 0 Å². The molecule has 186 valence electrons. The van der Waals surface area contributed by atoms with Gasteiger partial charge in [-0.25, -0.2) is 0 Å². The molecule has 2 fully saturated rings. The maximum Gasteiger partial charge on any atom is 0.161 e. The van der Waals surface area contributed by atoms with E-state index in [0.717, 1.165) is 31.6 Å². The van der Waals surface area contributed by atoms with Crippen LogP contribution in [0.15, 0.2) is 0 Å². The number of hydrogen-bond donors (Lipinski definition) is 1. The molecule has 0 aromatic heterocycles. The SMILES string of the molecule is C#CC[C@@](C)(CCCC(C)(C)O)[C@H]1CC[C@@H]2[C@@H](C(C)(C)C(O[SiH2]C)O[SiH2]C)CCC[C@]21C. The third-order valence-corrected chi connectivity index (χ3v) is 10.5. The zero-order chi connectivity index (χ0) is 24.2. The molecule has 0 amide bonds. The number of rotatable bonds is 12. The van der Waals surface area contributed by atoms with Crippen LogP contribution in [-0.4, -0.2) is 36.5 Å². The Hall–Kier alpha value is -0.126. The second kappa shape index (κ2) is 11.1. The Balaban J connectivity index is 2.29. The molecule has 0 aromatic rings. The Bertz CT molecular complexity index is 632. The fraction of sp³-hybridized carbons (Fsp3) is 0.926. The van der Waals surface area contributed by atoms with E-state index in [2.05, 4.69) is 46.7 Å². The Labute approximate surface area is 204 Å². The largest absolute Gasteiger partial charge is 0.400 e. The highest BCUT2D eigenvalue weighted by Crippen LogP contribution is 2.66. The minimum absolute atomic E-state index is 0.0221.